The van der Waals surface area contributed by atoms with Crippen LogP contribution in [0.4, 0.5) is 10.2 Å². The number of anilines is 1. The fraction of sp³-hybridized carbons (Fsp3) is 0.150. The van der Waals surface area contributed by atoms with Gasteiger partial charge in [0.1, 0.15) is 17.4 Å². The predicted octanol–water partition coefficient (Wildman–Crippen LogP) is 3.79. The van der Waals surface area contributed by atoms with E-state index in [4.69, 9.17) is 5.11 Å². The van der Waals surface area contributed by atoms with E-state index in [1.807, 2.05) is 0 Å². The van der Waals surface area contributed by atoms with Crippen LogP contribution in [0.25, 0.3) is 22.4 Å². The monoisotopic (exact) mass is 432 g/mol. The molecule has 0 amide bonds. The number of aromatic hydroxyl groups is 1. The third-order valence-corrected chi connectivity index (χ3v) is 4.44. The van der Waals surface area contributed by atoms with Crippen molar-refractivity contribution in [3.8, 4) is 28.1 Å². The van der Waals surface area contributed by atoms with Crippen LogP contribution in [0.1, 0.15) is 0 Å². The second-order valence-corrected chi connectivity index (χ2v) is 6.93. The first-order chi connectivity index (χ1) is 13.0. The number of aliphatic hydroxyl groups excluding tert-OH is 2. The van der Waals surface area contributed by atoms with Crippen LogP contribution in [0.5, 0.6) is 5.75 Å². The maximum absolute atomic E-state index is 13.7. The van der Waals surface area contributed by atoms with Crippen LogP contribution in [0, 0.1) is 5.82 Å². The van der Waals surface area contributed by atoms with Crippen LogP contribution in [-0.4, -0.2) is 39.6 Å². The molecule has 2 aromatic carbocycles. The summed E-state index contributed by atoms with van der Waals surface area (Å²) in [6.45, 7) is -0.282. The molecule has 0 aliphatic heterocycles. The summed E-state index contributed by atoms with van der Waals surface area (Å²) < 4.78 is 14.4. The van der Waals surface area contributed by atoms with Gasteiger partial charge in [-0.1, -0.05) is 28.1 Å². The van der Waals surface area contributed by atoms with Gasteiger partial charge in [0.2, 0.25) is 0 Å². The molecule has 1 unspecified atom stereocenters. The predicted molar refractivity (Wildman–Crippen MR) is 106 cm³/mol. The molecule has 0 spiro atoms. The van der Waals surface area contributed by atoms with Gasteiger partial charge in [-0.05, 0) is 53.6 Å². The standard InChI is InChI=1S/C20H18BrFN2O3/c21-14-4-5-19(27)17(9-14)18-7-13(12-2-1-3-15(22)6-12)8-20(24-18)23-10-16(26)11-25/h1-9,16,25-27H,10-11H2,(H,23,24). The summed E-state index contributed by atoms with van der Waals surface area (Å²) in [6.07, 6.45) is -0.938. The first kappa shape index (κ1) is 19.3. The minimum absolute atomic E-state index is 0.0587. The Morgan fingerprint density at radius 1 is 1.07 bits per heavy atom. The zero-order valence-electron chi connectivity index (χ0n) is 14.2. The van der Waals surface area contributed by atoms with Crippen LogP contribution < -0.4 is 5.32 Å². The average Bonchev–Trinajstić information content (AvgIpc) is 2.67. The van der Waals surface area contributed by atoms with Gasteiger partial charge in [0.05, 0.1) is 18.4 Å². The number of halogens is 2. The Morgan fingerprint density at radius 2 is 1.89 bits per heavy atom. The lowest BCUT2D eigenvalue weighted by molar-refractivity contribution is 0.105. The van der Waals surface area contributed by atoms with E-state index < -0.39 is 6.10 Å². The largest absolute Gasteiger partial charge is 0.507 e. The summed E-state index contributed by atoms with van der Waals surface area (Å²) in [4.78, 5) is 4.48. The minimum atomic E-state index is -0.938. The molecule has 5 nitrogen and oxygen atoms in total. The number of phenols is 1. The van der Waals surface area contributed by atoms with Gasteiger partial charge in [-0.25, -0.2) is 9.37 Å². The van der Waals surface area contributed by atoms with E-state index >= 15 is 0 Å². The SMILES string of the molecule is OCC(O)CNc1cc(-c2cccc(F)c2)cc(-c2cc(Br)ccc2O)n1. The van der Waals surface area contributed by atoms with E-state index in [1.165, 1.54) is 12.1 Å². The molecule has 0 radical (unpaired) electrons. The van der Waals surface area contributed by atoms with Crippen molar-refractivity contribution in [2.75, 3.05) is 18.5 Å². The molecule has 3 rings (SSSR count). The molecule has 0 saturated carbocycles. The van der Waals surface area contributed by atoms with E-state index in [1.54, 1.807) is 42.5 Å². The topological polar surface area (TPSA) is 85.6 Å². The summed E-state index contributed by atoms with van der Waals surface area (Å²) in [5, 5.41) is 31.7. The van der Waals surface area contributed by atoms with Gasteiger partial charge in [0, 0.05) is 16.6 Å². The van der Waals surface area contributed by atoms with Gasteiger partial charge in [-0.2, -0.15) is 0 Å². The molecule has 3 aromatic rings. The lowest BCUT2D eigenvalue weighted by Crippen LogP contribution is -2.23. The zero-order valence-corrected chi connectivity index (χ0v) is 15.8. The Labute approximate surface area is 164 Å². The number of aromatic nitrogens is 1. The number of pyridine rings is 1. The Morgan fingerprint density at radius 3 is 2.63 bits per heavy atom. The maximum Gasteiger partial charge on any atom is 0.127 e. The highest BCUT2D eigenvalue weighted by atomic mass is 79.9. The van der Waals surface area contributed by atoms with E-state index in [2.05, 4.69) is 26.2 Å². The molecule has 0 fully saturated rings. The van der Waals surface area contributed by atoms with Crippen molar-refractivity contribution in [2.24, 2.45) is 0 Å². The fourth-order valence-corrected chi connectivity index (χ4v) is 2.96. The van der Waals surface area contributed by atoms with Gasteiger partial charge in [0.25, 0.3) is 0 Å². The van der Waals surface area contributed by atoms with Crippen LogP contribution in [0.15, 0.2) is 59.1 Å². The number of nitrogens with zero attached hydrogens (tertiary/aromatic N) is 1. The van der Waals surface area contributed by atoms with Gasteiger partial charge in [-0.15, -0.1) is 0 Å². The van der Waals surface area contributed by atoms with Crippen molar-refractivity contribution in [3.05, 3.63) is 64.9 Å². The summed E-state index contributed by atoms with van der Waals surface area (Å²) in [5.41, 5.74) is 2.34. The van der Waals surface area contributed by atoms with E-state index in [9.17, 15) is 14.6 Å². The van der Waals surface area contributed by atoms with Crippen LogP contribution in [-0.2, 0) is 0 Å². The number of hydrogen-bond acceptors (Lipinski definition) is 5. The molecule has 1 aromatic heterocycles. The molecule has 7 heteroatoms. The van der Waals surface area contributed by atoms with Crippen molar-refractivity contribution in [1.82, 2.24) is 4.98 Å². The Balaban J connectivity index is 2.09. The second kappa shape index (κ2) is 8.47. The molecule has 0 saturated heterocycles. The third kappa shape index (κ3) is 4.82. The fourth-order valence-electron chi connectivity index (χ4n) is 2.59. The Bertz CT molecular complexity index is 952. The number of hydrogen-bond donors (Lipinski definition) is 4. The molecular weight excluding hydrogens is 415 g/mol. The van der Waals surface area contributed by atoms with Gasteiger partial charge >= 0.3 is 0 Å². The highest BCUT2D eigenvalue weighted by Crippen LogP contribution is 2.34. The van der Waals surface area contributed by atoms with Crippen LogP contribution in [0.2, 0.25) is 0 Å². The summed E-state index contributed by atoms with van der Waals surface area (Å²) in [7, 11) is 0. The summed E-state index contributed by atoms with van der Waals surface area (Å²) in [6, 6.07) is 14.6. The molecule has 1 heterocycles. The molecule has 27 heavy (non-hydrogen) atoms. The number of benzene rings is 2. The minimum Gasteiger partial charge on any atom is -0.507 e. The van der Waals surface area contributed by atoms with Crippen molar-refractivity contribution >= 4 is 21.7 Å². The zero-order chi connectivity index (χ0) is 19.4. The molecule has 140 valence electrons. The number of rotatable bonds is 6. The lowest BCUT2D eigenvalue weighted by atomic mass is 10.0. The van der Waals surface area contributed by atoms with Crippen molar-refractivity contribution in [3.63, 3.8) is 0 Å². The Kier molecular flexibility index (Phi) is 6.05. The summed E-state index contributed by atoms with van der Waals surface area (Å²) in [5.74, 6) is 0.128. The Hall–Kier alpha value is -2.48. The molecule has 1 atom stereocenters. The lowest BCUT2D eigenvalue weighted by Gasteiger charge is -2.14. The first-order valence-corrected chi connectivity index (χ1v) is 9.05. The number of phenolic OH excluding ortho intramolecular Hbond substituents is 1. The van der Waals surface area contributed by atoms with Gasteiger partial charge in [-0.3, -0.25) is 0 Å². The molecule has 0 bridgehead atoms. The smallest absolute Gasteiger partial charge is 0.127 e. The van der Waals surface area contributed by atoms with Crippen molar-refractivity contribution in [1.29, 1.82) is 0 Å². The quantitative estimate of drug-likeness (QED) is 0.476. The molecule has 4 N–H and O–H groups in total. The third-order valence-electron chi connectivity index (χ3n) is 3.95. The van der Waals surface area contributed by atoms with Crippen LogP contribution >= 0.6 is 15.9 Å². The number of nitrogens with one attached hydrogen (secondary N) is 1. The van der Waals surface area contributed by atoms with Crippen molar-refractivity contribution in [2.45, 2.75) is 6.10 Å². The van der Waals surface area contributed by atoms with Crippen LogP contribution in [0.3, 0.4) is 0 Å². The van der Waals surface area contributed by atoms with Gasteiger partial charge in [0.15, 0.2) is 0 Å². The highest BCUT2D eigenvalue weighted by Gasteiger charge is 2.12. The van der Waals surface area contributed by atoms with Gasteiger partial charge < -0.3 is 20.6 Å². The number of aliphatic hydroxyl groups is 2. The van der Waals surface area contributed by atoms with Crippen molar-refractivity contribution < 1.29 is 19.7 Å². The summed E-state index contributed by atoms with van der Waals surface area (Å²) >= 11 is 3.38. The maximum atomic E-state index is 13.7. The molecule has 0 aliphatic carbocycles. The second-order valence-electron chi connectivity index (χ2n) is 6.02. The first-order valence-electron chi connectivity index (χ1n) is 8.26. The normalized spacial score (nSPS) is 12.0. The highest BCUT2D eigenvalue weighted by molar-refractivity contribution is 9.10. The van der Waals surface area contributed by atoms with E-state index in [0.29, 0.717) is 28.2 Å². The van der Waals surface area contributed by atoms with E-state index in [0.717, 1.165) is 4.47 Å². The average molecular weight is 433 g/mol. The van der Waals surface area contributed by atoms with E-state index in [-0.39, 0.29) is 24.7 Å². The molecular formula is C20H18BrFN2O3. The molecule has 0 aliphatic rings.